The molecule has 2 aromatic carbocycles. The summed E-state index contributed by atoms with van der Waals surface area (Å²) in [5, 5.41) is 3.57. The van der Waals surface area contributed by atoms with Crippen LogP contribution in [0.5, 0.6) is 0 Å². The minimum atomic E-state index is -0.208. The van der Waals surface area contributed by atoms with Crippen molar-refractivity contribution in [2.24, 2.45) is 0 Å². The number of benzene rings is 2. The molecule has 1 saturated heterocycles. The van der Waals surface area contributed by atoms with Crippen LogP contribution in [0.25, 0.3) is 0 Å². The van der Waals surface area contributed by atoms with E-state index in [1.165, 1.54) is 4.90 Å². The molecule has 6 nitrogen and oxygen atoms in total. The van der Waals surface area contributed by atoms with Gasteiger partial charge in [0, 0.05) is 10.7 Å². The molecule has 1 atom stereocenters. The molecule has 0 unspecified atom stereocenters. The van der Waals surface area contributed by atoms with Gasteiger partial charge < -0.3 is 15.1 Å². The molecule has 2 heterocycles. The Balaban J connectivity index is 1.43. The van der Waals surface area contributed by atoms with Crippen molar-refractivity contribution in [1.82, 2.24) is 0 Å². The highest BCUT2D eigenvalue weighted by Crippen LogP contribution is 2.29. The number of nitrogens with one attached hydrogen (secondary N) is 2. The summed E-state index contributed by atoms with van der Waals surface area (Å²) in [5.41, 5.74) is 2.59. The maximum atomic E-state index is 13.2. The molecule has 2 aliphatic heterocycles. The lowest BCUT2D eigenvalue weighted by atomic mass is 10.1. The lowest BCUT2D eigenvalue weighted by Crippen LogP contribution is -3.19. The average Bonchev–Trinajstić information content (AvgIpc) is 2.72. The van der Waals surface area contributed by atoms with E-state index >= 15 is 0 Å². The summed E-state index contributed by atoms with van der Waals surface area (Å²) in [6.45, 7) is 5.49. The van der Waals surface area contributed by atoms with Crippen LogP contribution >= 0.6 is 11.6 Å². The lowest BCUT2D eigenvalue weighted by Gasteiger charge is -2.38. The molecule has 1 fully saturated rings. The number of piperazine rings is 1. The summed E-state index contributed by atoms with van der Waals surface area (Å²) in [7, 11) is 0. The first-order valence-electron chi connectivity index (χ1n) is 9.58. The molecule has 146 valence electrons. The van der Waals surface area contributed by atoms with Crippen LogP contribution in [-0.4, -0.2) is 50.6 Å². The largest absolute Gasteiger partial charge is 0.360 e. The van der Waals surface area contributed by atoms with Gasteiger partial charge in [-0.05, 0) is 37.3 Å². The zero-order valence-electron chi connectivity index (χ0n) is 15.8. The Bertz CT molecular complexity index is 895. The molecule has 2 aliphatic rings. The first-order chi connectivity index (χ1) is 13.5. The number of anilines is 3. The number of halogens is 1. The molecule has 28 heavy (non-hydrogen) atoms. The first-order valence-corrected chi connectivity index (χ1v) is 9.96. The van der Waals surface area contributed by atoms with Crippen molar-refractivity contribution < 1.29 is 14.5 Å². The van der Waals surface area contributed by atoms with E-state index in [-0.39, 0.29) is 24.4 Å². The summed E-state index contributed by atoms with van der Waals surface area (Å²) < 4.78 is 0. The third-order valence-electron chi connectivity index (χ3n) is 5.60. The van der Waals surface area contributed by atoms with Gasteiger partial charge in [-0.1, -0.05) is 29.8 Å². The van der Waals surface area contributed by atoms with E-state index in [1.54, 1.807) is 4.90 Å². The van der Waals surface area contributed by atoms with Crippen LogP contribution in [0.2, 0.25) is 5.02 Å². The molecule has 0 spiro atoms. The molecule has 2 aromatic rings. The Morgan fingerprint density at radius 3 is 2.64 bits per heavy atom. The third kappa shape index (κ3) is 3.70. The number of nitrogens with zero attached hydrogens (tertiary/aromatic N) is 2. The fourth-order valence-corrected chi connectivity index (χ4v) is 4.18. The van der Waals surface area contributed by atoms with Crippen molar-refractivity contribution in [3.05, 3.63) is 53.6 Å². The van der Waals surface area contributed by atoms with Gasteiger partial charge in [0.15, 0.2) is 6.04 Å². The molecule has 2 amide bonds. The van der Waals surface area contributed by atoms with E-state index in [0.717, 1.165) is 42.6 Å². The maximum Gasteiger partial charge on any atom is 0.285 e. The number of rotatable bonds is 3. The number of hydrogen-bond donors (Lipinski definition) is 2. The van der Waals surface area contributed by atoms with Crippen molar-refractivity contribution in [3.8, 4) is 0 Å². The van der Waals surface area contributed by atoms with E-state index in [4.69, 9.17) is 11.6 Å². The molecule has 0 aliphatic carbocycles. The highest BCUT2D eigenvalue weighted by molar-refractivity contribution is 6.30. The summed E-state index contributed by atoms with van der Waals surface area (Å²) in [4.78, 5) is 30.4. The van der Waals surface area contributed by atoms with Crippen LogP contribution in [0.4, 0.5) is 17.1 Å². The number of carbonyl (C=O) groups is 2. The zero-order chi connectivity index (χ0) is 19.7. The molecule has 0 saturated carbocycles. The van der Waals surface area contributed by atoms with Crippen LogP contribution in [0.1, 0.15) is 6.92 Å². The Morgan fingerprint density at radius 1 is 1.14 bits per heavy atom. The number of quaternary nitrogens is 1. The quantitative estimate of drug-likeness (QED) is 0.820. The molecule has 2 N–H and O–H groups in total. The number of fused-ring (bicyclic) bond motifs is 1. The second-order valence-electron chi connectivity index (χ2n) is 7.34. The number of hydrogen-bond acceptors (Lipinski definition) is 3. The van der Waals surface area contributed by atoms with Gasteiger partial charge in [-0.2, -0.15) is 0 Å². The van der Waals surface area contributed by atoms with Crippen LogP contribution in [0, 0.1) is 0 Å². The van der Waals surface area contributed by atoms with Gasteiger partial charge in [-0.25, -0.2) is 0 Å². The summed E-state index contributed by atoms with van der Waals surface area (Å²) in [5.74, 6) is -0.159. The Morgan fingerprint density at radius 2 is 1.89 bits per heavy atom. The molecule has 7 heteroatoms. The van der Waals surface area contributed by atoms with Crippen molar-refractivity contribution in [2.75, 3.05) is 47.8 Å². The van der Waals surface area contributed by atoms with Crippen molar-refractivity contribution in [2.45, 2.75) is 13.0 Å². The fraction of sp³-hybridized carbons (Fsp3) is 0.333. The average molecular weight is 400 g/mol. The number of para-hydroxylation sites is 2. The fourth-order valence-electron chi connectivity index (χ4n) is 4.00. The third-order valence-corrected chi connectivity index (χ3v) is 5.83. The van der Waals surface area contributed by atoms with Crippen molar-refractivity contribution in [1.29, 1.82) is 0 Å². The second kappa shape index (κ2) is 7.81. The molecular formula is C21H24ClN4O2+. The Hall–Kier alpha value is -2.57. The van der Waals surface area contributed by atoms with Gasteiger partial charge in [0.1, 0.15) is 6.54 Å². The molecule has 4 rings (SSSR count). The highest BCUT2D eigenvalue weighted by Gasteiger charge is 2.35. The van der Waals surface area contributed by atoms with E-state index in [0.29, 0.717) is 5.69 Å². The van der Waals surface area contributed by atoms with Gasteiger partial charge in [-0.3, -0.25) is 14.5 Å². The van der Waals surface area contributed by atoms with E-state index in [2.05, 4.69) is 16.3 Å². The van der Waals surface area contributed by atoms with Crippen molar-refractivity contribution in [3.63, 3.8) is 0 Å². The lowest BCUT2D eigenvalue weighted by molar-refractivity contribution is -0.914. The summed E-state index contributed by atoms with van der Waals surface area (Å²) >= 11 is 6.11. The van der Waals surface area contributed by atoms with Gasteiger partial charge in [0.05, 0.1) is 37.6 Å². The topological polar surface area (TPSA) is 57.1 Å². The van der Waals surface area contributed by atoms with Gasteiger partial charge in [0.2, 0.25) is 5.91 Å². The Labute approximate surface area is 169 Å². The molecular weight excluding hydrogens is 376 g/mol. The Kier molecular flexibility index (Phi) is 5.24. The van der Waals surface area contributed by atoms with E-state index in [9.17, 15) is 9.59 Å². The normalized spacial score (nSPS) is 18.4. The number of carbonyl (C=O) groups excluding carboxylic acids is 2. The predicted molar refractivity (Wildman–Crippen MR) is 111 cm³/mol. The van der Waals surface area contributed by atoms with Crippen LogP contribution in [-0.2, 0) is 9.59 Å². The van der Waals surface area contributed by atoms with Crippen LogP contribution in [0.15, 0.2) is 48.5 Å². The van der Waals surface area contributed by atoms with Crippen LogP contribution < -0.4 is 20.0 Å². The SMILES string of the molecule is C[C@H](C(=O)N1CC(=O)Nc2ccccc21)[NH+]1CCN(c2cccc(Cl)c2)CC1. The number of amides is 2. The second-order valence-corrected chi connectivity index (χ2v) is 7.77. The van der Waals surface area contributed by atoms with Gasteiger partial charge in [0.25, 0.3) is 5.91 Å². The molecule has 0 bridgehead atoms. The molecule has 0 aromatic heterocycles. The van der Waals surface area contributed by atoms with E-state index < -0.39 is 0 Å². The van der Waals surface area contributed by atoms with E-state index in [1.807, 2.05) is 49.4 Å². The smallest absolute Gasteiger partial charge is 0.285 e. The predicted octanol–water partition coefficient (Wildman–Crippen LogP) is 1.42. The summed E-state index contributed by atoms with van der Waals surface area (Å²) in [6.07, 6.45) is 0. The highest BCUT2D eigenvalue weighted by atomic mass is 35.5. The molecule has 0 radical (unpaired) electrons. The maximum absolute atomic E-state index is 13.2. The van der Waals surface area contributed by atoms with Gasteiger partial charge >= 0.3 is 0 Å². The van der Waals surface area contributed by atoms with Crippen LogP contribution in [0.3, 0.4) is 0 Å². The van der Waals surface area contributed by atoms with Crippen molar-refractivity contribution >= 4 is 40.5 Å². The zero-order valence-corrected chi connectivity index (χ0v) is 16.6. The monoisotopic (exact) mass is 399 g/mol. The first kappa shape index (κ1) is 18.8. The standard InChI is InChI=1S/C21H23ClN4O2/c1-15(21(28)26-14-20(27)23-18-7-2-3-8-19(18)26)24-9-11-25(12-10-24)17-6-4-5-16(22)13-17/h2-8,13,15H,9-12,14H2,1H3,(H,23,27)/p+1/t15-/m1/s1. The summed E-state index contributed by atoms with van der Waals surface area (Å²) in [6, 6.07) is 15.1. The minimum Gasteiger partial charge on any atom is -0.360 e. The minimum absolute atomic E-state index is 0.00601. The van der Waals surface area contributed by atoms with Gasteiger partial charge in [-0.15, -0.1) is 0 Å².